The summed E-state index contributed by atoms with van der Waals surface area (Å²) in [6.07, 6.45) is 7.05. The van der Waals surface area contributed by atoms with E-state index in [-0.39, 0.29) is 11.8 Å². The minimum atomic E-state index is 0.101. The fourth-order valence-electron chi connectivity index (χ4n) is 3.07. The van der Waals surface area contributed by atoms with Crippen LogP contribution in [0, 0.1) is 19.8 Å². The van der Waals surface area contributed by atoms with Gasteiger partial charge in [-0.15, -0.1) is 0 Å². The third-order valence-electron chi connectivity index (χ3n) is 4.28. The first kappa shape index (κ1) is 14.6. The molecule has 0 bridgehead atoms. The van der Waals surface area contributed by atoms with Gasteiger partial charge in [0.15, 0.2) is 0 Å². The highest BCUT2D eigenvalue weighted by molar-refractivity contribution is 5.93. The van der Waals surface area contributed by atoms with Crippen LogP contribution in [0.5, 0.6) is 0 Å². The van der Waals surface area contributed by atoms with E-state index in [1.807, 2.05) is 18.2 Å². The lowest BCUT2D eigenvalue weighted by atomic mass is 9.93. The van der Waals surface area contributed by atoms with E-state index in [0.29, 0.717) is 0 Å². The SMILES string of the molecule is Cc1ccc(C)n1-c1cccc(NC(=O)[C@@H]2CC=CCC2)c1. The van der Waals surface area contributed by atoms with Crippen LogP contribution in [-0.2, 0) is 4.79 Å². The molecule has 0 saturated heterocycles. The Morgan fingerprint density at radius 3 is 2.59 bits per heavy atom. The van der Waals surface area contributed by atoms with E-state index >= 15 is 0 Å². The van der Waals surface area contributed by atoms with Crippen LogP contribution in [0.15, 0.2) is 48.6 Å². The van der Waals surface area contributed by atoms with Gasteiger partial charge in [0.2, 0.25) is 5.91 Å². The Hall–Kier alpha value is -2.29. The van der Waals surface area contributed by atoms with Crippen molar-refractivity contribution in [2.45, 2.75) is 33.1 Å². The first-order chi connectivity index (χ1) is 10.6. The molecule has 1 heterocycles. The Morgan fingerprint density at radius 1 is 1.14 bits per heavy atom. The third kappa shape index (κ3) is 2.98. The summed E-state index contributed by atoms with van der Waals surface area (Å²) < 4.78 is 2.19. The highest BCUT2D eigenvalue weighted by Gasteiger charge is 2.18. The van der Waals surface area contributed by atoms with Crippen molar-refractivity contribution in [2.75, 3.05) is 5.32 Å². The highest BCUT2D eigenvalue weighted by atomic mass is 16.1. The average molecular weight is 294 g/mol. The summed E-state index contributed by atoms with van der Waals surface area (Å²) in [7, 11) is 0. The third-order valence-corrected chi connectivity index (χ3v) is 4.28. The molecule has 22 heavy (non-hydrogen) atoms. The van der Waals surface area contributed by atoms with Crippen LogP contribution in [0.3, 0.4) is 0 Å². The summed E-state index contributed by atoms with van der Waals surface area (Å²) in [6, 6.07) is 12.3. The van der Waals surface area contributed by atoms with E-state index < -0.39 is 0 Å². The van der Waals surface area contributed by atoms with Gasteiger partial charge in [-0.25, -0.2) is 0 Å². The zero-order valence-corrected chi connectivity index (χ0v) is 13.2. The van der Waals surface area contributed by atoms with Crippen LogP contribution in [0.4, 0.5) is 5.69 Å². The summed E-state index contributed by atoms with van der Waals surface area (Å²) in [5.41, 5.74) is 4.34. The Bertz CT molecular complexity index is 692. The fraction of sp³-hybridized carbons (Fsp3) is 0.316. The molecule has 0 spiro atoms. The van der Waals surface area contributed by atoms with Gasteiger partial charge in [-0.3, -0.25) is 4.79 Å². The number of nitrogens with zero attached hydrogens (tertiary/aromatic N) is 1. The number of anilines is 1. The molecule has 0 aliphatic heterocycles. The molecule has 0 fully saturated rings. The van der Waals surface area contributed by atoms with Crippen LogP contribution in [0.2, 0.25) is 0 Å². The van der Waals surface area contributed by atoms with Gasteiger partial charge in [-0.2, -0.15) is 0 Å². The molecular weight excluding hydrogens is 272 g/mol. The lowest BCUT2D eigenvalue weighted by Gasteiger charge is -2.18. The lowest BCUT2D eigenvalue weighted by Crippen LogP contribution is -2.23. The molecular formula is C19H22N2O. The quantitative estimate of drug-likeness (QED) is 0.837. The summed E-state index contributed by atoms with van der Waals surface area (Å²) in [5.74, 6) is 0.228. The first-order valence-electron chi connectivity index (χ1n) is 7.86. The second kappa shape index (κ2) is 6.22. The molecule has 1 atom stereocenters. The van der Waals surface area contributed by atoms with E-state index in [9.17, 15) is 4.79 Å². The Morgan fingerprint density at radius 2 is 1.91 bits per heavy atom. The molecule has 3 heteroatoms. The second-order valence-corrected chi connectivity index (χ2v) is 5.97. The molecule has 2 aromatic rings. The number of amides is 1. The van der Waals surface area contributed by atoms with Crippen LogP contribution >= 0.6 is 0 Å². The van der Waals surface area contributed by atoms with Crippen LogP contribution in [0.25, 0.3) is 5.69 Å². The van der Waals surface area contributed by atoms with Gasteiger partial charge in [0, 0.05) is 28.7 Å². The summed E-state index contributed by atoms with van der Waals surface area (Å²) in [5, 5.41) is 3.07. The number of carbonyl (C=O) groups excluding carboxylic acids is 1. The highest BCUT2D eigenvalue weighted by Crippen LogP contribution is 2.23. The van der Waals surface area contributed by atoms with E-state index in [2.05, 4.69) is 54.1 Å². The smallest absolute Gasteiger partial charge is 0.227 e. The molecule has 1 aliphatic carbocycles. The maximum atomic E-state index is 12.3. The van der Waals surface area contributed by atoms with Gasteiger partial charge in [0.25, 0.3) is 0 Å². The van der Waals surface area contributed by atoms with Crippen molar-refractivity contribution < 1.29 is 4.79 Å². The normalized spacial score (nSPS) is 17.5. The minimum absolute atomic E-state index is 0.101. The van der Waals surface area contributed by atoms with Crippen LogP contribution < -0.4 is 5.32 Å². The molecule has 1 aromatic heterocycles. The maximum Gasteiger partial charge on any atom is 0.227 e. The van der Waals surface area contributed by atoms with Crippen molar-refractivity contribution >= 4 is 11.6 Å². The number of aryl methyl sites for hydroxylation is 2. The number of hydrogen-bond acceptors (Lipinski definition) is 1. The van der Waals surface area contributed by atoms with Gasteiger partial charge in [0.05, 0.1) is 0 Å². The van der Waals surface area contributed by atoms with Gasteiger partial charge in [0.1, 0.15) is 0 Å². The fourth-order valence-corrected chi connectivity index (χ4v) is 3.07. The summed E-state index contributed by atoms with van der Waals surface area (Å²) >= 11 is 0. The lowest BCUT2D eigenvalue weighted by molar-refractivity contribution is -0.120. The predicted molar refractivity (Wildman–Crippen MR) is 90.4 cm³/mol. The standard InChI is InChI=1S/C19H22N2O/c1-14-11-12-15(2)21(14)18-10-6-9-17(13-18)20-19(22)16-7-4-3-5-8-16/h3-4,6,9-13,16H,5,7-8H2,1-2H3,(H,20,22)/t16-/m1/s1. The summed E-state index contributed by atoms with van der Waals surface area (Å²) in [4.78, 5) is 12.3. The zero-order valence-electron chi connectivity index (χ0n) is 13.2. The molecule has 1 aromatic carbocycles. The van der Waals surface area contributed by atoms with Gasteiger partial charge in [-0.05, 0) is 63.4 Å². The number of aromatic nitrogens is 1. The zero-order chi connectivity index (χ0) is 15.5. The average Bonchev–Trinajstić information content (AvgIpc) is 2.87. The van der Waals surface area contributed by atoms with E-state index in [1.54, 1.807) is 0 Å². The van der Waals surface area contributed by atoms with E-state index in [4.69, 9.17) is 0 Å². The molecule has 0 saturated carbocycles. The van der Waals surface area contributed by atoms with Gasteiger partial charge in [-0.1, -0.05) is 18.2 Å². The Labute approximate surface area is 131 Å². The van der Waals surface area contributed by atoms with Crippen molar-refractivity contribution in [1.29, 1.82) is 0 Å². The van der Waals surface area contributed by atoms with Gasteiger partial charge < -0.3 is 9.88 Å². The van der Waals surface area contributed by atoms with Crippen LogP contribution in [-0.4, -0.2) is 10.5 Å². The maximum absolute atomic E-state index is 12.3. The minimum Gasteiger partial charge on any atom is -0.326 e. The molecule has 3 nitrogen and oxygen atoms in total. The first-order valence-corrected chi connectivity index (χ1v) is 7.86. The molecule has 1 aliphatic rings. The van der Waals surface area contributed by atoms with Crippen LogP contribution in [0.1, 0.15) is 30.7 Å². The molecule has 114 valence electrons. The largest absolute Gasteiger partial charge is 0.326 e. The topological polar surface area (TPSA) is 34.0 Å². The van der Waals surface area contributed by atoms with E-state index in [1.165, 1.54) is 11.4 Å². The number of nitrogens with one attached hydrogen (secondary N) is 1. The summed E-state index contributed by atoms with van der Waals surface area (Å²) in [6.45, 7) is 4.18. The molecule has 1 N–H and O–H groups in total. The number of carbonyl (C=O) groups is 1. The predicted octanol–water partition coefficient (Wildman–Crippen LogP) is 4.39. The van der Waals surface area contributed by atoms with Crippen molar-refractivity contribution in [2.24, 2.45) is 5.92 Å². The monoisotopic (exact) mass is 294 g/mol. The van der Waals surface area contributed by atoms with Gasteiger partial charge >= 0.3 is 0 Å². The molecule has 0 radical (unpaired) electrons. The van der Waals surface area contributed by atoms with Crippen molar-refractivity contribution in [1.82, 2.24) is 4.57 Å². The number of hydrogen-bond donors (Lipinski definition) is 1. The molecule has 1 amide bonds. The van der Waals surface area contributed by atoms with Crippen molar-refractivity contribution in [3.63, 3.8) is 0 Å². The second-order valence-electron chi connectivity index (χ2n) is 5.97. The Balaban J connectivity index is 1.80. The molecule has 0 unspecified atom stereocenters. The van der Waals surface area contributed by atoms with E-state index in [0.717, 1.165) is 30.6 Å². The number of benzene rings is 1. The Kier molecular flexibility index (Phi) is 4.14. The van der Waals surface area contributed by atoms with Crippen molar-refractivity contribution in [3.8, 4) is 5.69 Å². The number of rotatable bonds is 3. The molecule has 3 rings (SSSR count). The van der Waals surface area contributed by atoms with Crippen molar-refractivity contribution in [3.05, 3.63) is 59.9 Å². The number of allylic oxidation sites excluding steroid dienone is 2.